The summed E-state index contributed by atoms with van der Waals surface area (Å²) in [5, 5.41) is 12.7. The fourth-order valence-corrected chi connectivity index (χ4v) is 3.92. The van der Waals surface area contributed by atoms with Crippen LogP contribution in [-0.4, -0.2) is 52.2 Å². The summed E-state index contributed by atoms with van der Waals surface area (Å²) >= 11 is 1.72. The molecule has 124 valence electrons. The van der Waals surface area contributed by atoms with Crippen molar-refractivity contribution in [2.24, 2.45) is 0 Å². The summed E-state index contributed by atoms with van der Waals surface area (Å²) in [4.78, 5) is 9.38. The molecular weight excluding hydrogens is 306 g/mol. The van der Waals surface area contributed by atoms with Crippen LogP contribution in [0.4, 0.5) is 0 Å². The Hall–Kier alpha value is -1.27. The third-order valence-electron chi connectivity index (χ3n) is 4.63. The molecule has 3 rings (SSSR count). The van der Waals surface area contributed by atoms with Gasteiger partial charge in [0.05, 0.1) is 6.54 Å². The van der Waals surface area contributed by atoms with E-state index in [0.717, 1.165) is 39.1 Å². The maximum absolute atomic E-state index is 9.44. The zero-order valence-corrected chi connectivity index (χ0v) is 14.5. The first kappa shape index (κ1) is 16.6. The number of aliphatic hydroxyl groups is 1. The predicted octanol–water partition coefficient (Wildman–Crippen LogP) is 2.52. The van der Waals surface area contributed by atoms with E-state index in [1.165, 1.54) is 16.1 Å². The fourth-order valence-electron chi connectivity index (χ4n) is 3.26. The van der Waals surface area contributed by atoms with Crippen molar-refractivity contribution in [2.75, 3.05) is 26.2 Å². The van der Waals surface area contributed by atoms with Crippen molar-refractivity contribution in [2.45, 2.75) is 32.5 Å². The smallest absolute Gasteiger partial charge is 0.107 e. The third-order valence-corrected chi connectivity index (χ3v) is 5.39. The summed E-state index contributed by atoms with van der Waals surface area (Å²) in [5.74, 6) is 0. The number of hydrogen-bond donors (Lipinski definition) is 1. The topological polar surface area (TPSA) is 39.6 Å². The van der Waals surface area contributed by atoms with Gasteiger partial charge in [-0.3, -0.25) is 9.80 Å². The maximum Gasteiger partial charge on any atom is 0.107 e. The molecule has 23 heavy (non-hydrogen) atoms. The fraction of sp³-hybridized carbons (Fsp3) is 0.500. The van der Waals surface area contributed by atoms with Crippen molar-refractivity contribution in [1.29, 1.82) is 0 Å². The standard InChI is InChI=1S/C18H25N3OS/c1-15-4-2-3-5-16(15)12-21-9-8-20(13-17(21)6-10-22)14-18-19-7-11-23-18/h2-5,7,11,17,22H,6,8-10,12-14H2,1H3. The van der Waals surface area contributed by atoms with Crippen LogP contribution in [0.5, 0.6) is 0 Å². The average molecular weight is 331 g/mol. The Morgan fingerprint density at radius 1 is 1.26 bits per heavy atom. The van der Waals surface area contributed by atoms with Gasteiger partial charge in [0.2, 0.25) is 0 Å². The molecule has 1 aliphatic heterocycles. The van der Waals surface area contributed by atoms with Gasteiger partial charge in [-0.15, -0.1) is 11.3 Å². The van der Waals surface area contributed by atoms with Gasteiger partial charge in [-0.2, -0.15) is 0 Å². The lowest BCUT2D eigenvalue weighted by Gasteiger charge is -2.41. The molecule has 1 N–H and O–H groups in total. The normalized spacial score (nSPS) is 20.0. The zero-order valence-electron chi connectivity index (χ0n) is 13.7. The first-order valence-electron chi connectivity index (χ1n) is 8.26. The number of thiazole rings is 1. The quantitative estimate of drug-likeness (QED) is 0.883. The third kappa shape index (κ3) is 4.38. The summed E-state index contributed by atoms with van der Waals surface area (Å²) < 4.78 is 0. The van der Waals surface area contributed by atoms with Crippen LogP contribution in [0, 0.1) is 6.92 Å². The molecule has 1 aromatic carbocycles. The van der Waals surface area contributed by atoms with E-state index in [1.54, 1.807) is 11.3 Å². The largest absolute Gasteiger partial charge is 0.396 e. The number of rotatable bonds is 6. The Morgan fingerprint density at radius 3 is 2.87 bits per heavy atom. The van der Waals surface area contributed by atoms with Gasteiger partial charge >= 0.3 is 0 Å². The van der Waals surface area contributed by atoms with Crippen molar-refractivity contribution in [3.05, 3.63) is 52.0 Å². The number of piperazine rings is 1. The van der Waals surface area contributed by atoms with E-state index in [9.17, 15) is 5.11 Å². The molecule has 1 aromatic heterocycles. The summed E-state index contributed by atoms with van der Waals surface area (Å²) in [6.07, 6.45) is 2.71. The molecule has 0 aliphatic carbocycles. The molecule has 1 aliphatic rings. The SMILES string of the molecule is Cc1ccccc1CN1CCN(Cc2nccs2)CC1CCO. The predicted molar refractivity (Wildman–Crippen MR) is 94.5 cm³/mol. The Morgan fingerprint density at radius 2 is 2.13 bits per heavy atom. The molecule has 1 unspecified atom stereocenters. The minimum Gasteiger partial charge on any atom is -0.396 e. The van der Waals surface area contributed by atoms with Crippen molar-refractivity contribution in [3.8, 4) is 0 Å². The molecule has 0 bridgehead atoms. The van der Waals surface area contributed by atoms with E-state index in [4.69, 9.17) is 0 Å². The summed E-state index contributed by atoms with van der Waals surface area (Å²) in [6.45, 7) is 7.44. The van der Waals surface area contributed by atoms with Crippen LogP contribution in [0.3, 0.4) is 0 Å². The van der Waals surface area contributed by atoms with Gasteiger partial charge in [0.1, 0.15) is 5.01 Å². The molecule has 0 saturated carbocycles. The lowest BCUT2D eigenvalue weighted by Crippen LogP contribution is -2.52. The Bertz CT molecular complexity index is 602. The number of nitrogens with zero attached hydrogens (tertiary/aromatic N) is 3. The van der Waals surface area contributed by atoms with Gasteiger partial charge in [-0.1, -0.05) is 24.3 Å². The van der Waals surface area contributed by atoms with Gasteiger partial charge in [-0.05, 0) is 24.5 Å². The van der Waals surface area contributed by atoms with E-state index in [0.29, 0.717) is 6.04 Å². The van der Waals surface area contributed by atoms with Gasteiger partial charge in [-0.25, -0.2) is 4.98 Å². The highest BCUT2D eigenvalue weighted by molar-refractivity contribution is 7.09. The number of hydrogen-bond acceptors (Lipinski definition) is 5. The summed E-state index contributed by atoms with van der Waals surface area (Å²) in [6, 6.07) is 9.01. The molecule has 5 heteroatoms. The molecule has 1 atom stereocenters. The monoisotopic (exact) mass is 331 g/mol. The summed E-state index contributed by atoms with van der Waals surface area (Å²) in [5.41, 5.74) is 2.74. The first-order valence-corrected chi connectivity index (χ1v) is 9.14. The minimum absolute atomic E-state index is 0.250. The highest BCUT2D eigenvalue weighted by Gasteiger charge is 2.27. The summed E-state index contributed by atoms with van der Waals surface area (Å²) in [7, 11) is 0. The highest BCUT2D eigenvalue weighted by atomic mass is 32.1. The van der Waals surface area contributed by atoms with Gasteiger partial charge in [0.25, 0.3) is 0 Å². The number of aromatic nitrogens is 1. The Balaban J connectivity index is 1.64. The van der Waals surface area contributed by atoms with E-state index in [2.05, 4.69) is 46.0 Å². The highest BCUT2D eigenvalue weighted by Crippen LogP contribution is 2.20. The van der Waals surface area contributed by atoms with E-state index < -0.39 is 0 Å². The van der Waals surface area contributed by atoms with Crippen LogP contribution in [0.2, 0.25) is 0 Å². The molecule has 0 radical (unpaired) electrons. The molecular formula is C18H25N3OS. The van der Waals surface area contributed by atoms with Gasteiger partial charge in [0, 0.05) is 50.4 Å². The van der Waals surface area contributed by atoms with Crippen LogP contribution in [0.25, 0.3) is 0 Å². The number of aryl methyl sites for hydroxylation is 1. The molecule has 1 saturated heterocycles. The lowest BCUT2D eigenvalue weighted by molar-refractivity contribution is 0.0498. The van der Waals surface area contributed by atoms with E-state index in [1.807, 2.05) is 11.6 Å². The second-order valence-corrected chi connectivity index (χ2v) is 7.20. The number of benzene rings is 1. The van der Waals surface area contributed by atoms with E-state index in [-0.39, 0.29) is 6.61 Å². The Labute approximate surface area is 142 Å². The van der Waals surface area contributed by atoms with Crippen molar-refractivity contribution in [1.82, 2.24) is 14.8 Å². The first-order chi connectivity index (χ1) is 11.3. The van der Waals surface area contributed by atoms with Crippen molar-refractivity contribution in [3.63, 3.8) is 0 Å². The van der Waals surface area contributed by atoms with Crippen molar-refractivity contribution >= 4 is 11.3 Å². The maximum atomic E-state index is 9.44. The van der Waals surface area contributed by atoms with Gasteiger partial charge in [0.15, 0.2) is 0 Å². The van der Waals surface area contributed by atoms with Crippen LogP contribution >= 0.6 is 11.3 Å². The van der Waals surface area contributed by atoms with Crippen molar-refractivity contribution < 1.29 is 5.11 Å². The number of aliphatic hydroxyl groups excluding tert-OH is 1. The molecule has 1 fully saturated rings. The van der Waals surface area contributed by atoms with Gasteiger partial charge < -0.3 is 5.11 Å². The minimum atomic E-state index is 0.250. The average Bonchev–Trinajstić information content (AvgIpc) is 3.05. The molecule has 0 amide bonds. The van der Waals surface area contributed by atoms with Crippen LogP contribution in [0.1, 0.15) is 22.6 Å². The van der Waals surface area contributed by atoms with Crippen LogP contribution < -0.4 is 0 Å². The zero-order chi connectivity index (χ0) is 16.1. The molecule has 2 aromatic rings. The van der Waals surface area contributed by atoms with E-state index >= 15 is 0 Å². The molecule has 0 spiro atoms. The van der Waals surface area contributed by atoms with Crippen LogP contribution in [-0.2, 0) is 13.1 Å². The Kier molecular flexibility index (Phi) is 5.78. The molecule has 2 heterocycles. The molecule has 4 nitrogen and oxygen atoms in total. The second-order valence-electron chi connectivity index (χ2n) is 6.22. The second kappa shape index (κ2) is 8.02. The van der Waals surface area contributed by atoms with Crippen LogP contribution in [0.15, 0.2) is 35.8 Å². The lowest BCUT2D eigenvalue weighted by atomic mass is 10.0.